The van der Waals surface area contributed by atoms with E-state index in [0.717, 1.165) is 5.56 Å². The van der Waals surface area contributed by atoms with E-state index in [4.69, 9.17) is 23.2 Å². The molecule has 4 aromatic rings. The summed E-state index contributed by atoms with van der Waals surface area (Å²) in [6, 6.07) is 8.24. The molecule has 0 aliphatic carbocycles. The zero-order valence-corrected chi connectivity index (χ0v) is 16.0. The van der Waals surface area contributed by atoms with Gasteiger partial charge < -0.3 is 4.57 Å². The van der Waals surface area contributed by atoms with E-state index >= 15 is 0 Å². The molecule has 0 spiro atoms. The minimum absolute atomic E-state index is 0.225. The molecule has 0 fully saturated rings. The standard InChI is InChI=1S/C18H11Cl2F3N6/c19-12-3-1-2-11(15(12)20)7-29-8-14(25-9-29)13-6-10(4-5-24-13)16-17(18(21,22)23)27-28-26-16/h1-6,8-9H,7H2,(H,26,27,28). The van der Waals surface area contributed by atoms with Crippen molar-refractivity contribution in [2.24, 2.45) is 0 Å². The lowest BCUT2D eigenvalue weighted by molar-refractivity contribution is -0.140. The number of nitrogens with zero attached hydrogens (tertiary/aromatic N) is 5. The number of H-pyrrole nitrogens is 1. The first-order valence-corrected chi connectivity index (χ1v) is 8.98. The monoisotopic (exact) mass is 438 g/mol. The van der Waals surface area contributed by atoms with Gasteiger partial charge in [0.05, 0.1) is 28.6 Å². The molecule has 0 unspecified atom stereocenters. The van der Waals surface area contributed by atoms with Crippen LogP contribution in [0.3, 0.4) is 0 Å². The fraction of sp³-hybridized carbons (Fsp3) is 0.111. The molecule has 3 heterocycles. The Labute approximate surface area is 172 Å². The summed E-state index contributed by atoms with van der Waals surface area (Å²) in [6.07, 6.45) is 0.0743. The van der Waals surface area contributed by atoms with E-state index in [1.807, 2.05) is 11.3 Å². The molecule has 0 aliphatic rings. The predicted octanol–water partition coefficient (Wildman–Crippen LogP) is 5.10. The van der Waals surface area contributed by atoms with Gasteiger partial charge >= 0.3 is 6.18 Å². The van der Waals surface area contributed by atoms with Crippen molar-refractivity contribution in [1.82, 2.24) is 29.9 Å². The van der Waals surface area contributed by atoms with Crippen molar-refractivity contribution in [3.63, 3.8) is 0 Å². The Morgan fingerprint density at radius 2 is 1.86 bits per heavy atom. The molecule has 3 aromatic heterocycles. The van der Waals surface area contributed by atoms with Crippen LogP contribution in [0.5, 0.6) is 0 Å². The number of hydrogen-bond donors (Lipinski definition) is 1. The first-order chi connectivity index (χ1) is 13.8. The molecule has 148 valence electrons. The third-order valence-electron chi connectivity index (χ3n) is 4.13. The van der Waals surface area contributed by atoms with Crippen LogP contribution >= 0.6 is 23.2 Å². The summed E-state index contributed by atoms with van der Waals surface area (Å²) in [6.45, 7) is 0.424. The van der Waals surface area contributed by atoms with Crippen molar-refractivity contribution in [2.45, 2.75) is 12.7 Å². The second-order valence-electron chi connectivity index (χ2n) is 6.09. The highest BCUT2D eigenvalue weighted by Gasteiger charge is 2.38. The molecule has 0 atom stereocenters. The topological polar surface area (TPSA) is 72.3 Å². The summed E-state index contributed by atoms with van der Waals surface area (Å²) < 4.78 is 41.0. The summed E-state index contributed by atoms with van der Waals surface area (Å²) >= 11 is 12.2. The van der Waals surface area contributed by atoms with E-state index in [1.165, 1.54) is 18.3 Å². The SMILES string of the molecule is FC(F)(F)c1n[nH]nc1-c1ccnc(-c2cn(Cc3cccc(Cl)c3Cl)cn2)c1. The molecular weight excluding hydrogens is 428 g/mol. The Balaban J connectivity index is 1.63. The number of hydrogen-bond acceptors (Lipinski definition) is 4. The van der Waals surface area contributed by atoms with Gasteiger partial charge in [-0.15, -0.1) is 0 Å². The largest absolute Gasteiger partial charge is 0.437 e. The van der Waals surface area contributed by atoms with Crippen LogP contribution in [0.2, 0.25) is 10.0 Å². The fourth-order valence-corrected chi connectivity index (χ4v) is 3.17. The predicted molar refractivity (Wildman–Crippen MR) is 101 cm³/mol. The van der Waals surface area contributed by atoms with Crippen molar-refractivity contribution in [2.75, 3.05) is 0 Å². The first-order valence-electron chi connectivity index (χ1n) is 8.22. The number of halogens is 5. The molecule has 29 heavy (non-hydrogen) atoms. The Hall–Kier alpha value is -2.91. The van der Waals surface area contributed by atoms with Crippen molar-refractivity contribution in [1.29, 1.82) is 0 Å². The number of imidazole rings is 1. The average Bonchev–Trinajstić information content (AvgIpc) is 3.35. The first kappa shape index (κ1) is 19.4. The van der Waals surface area contributed by atoms with Crippen molar-refractivity contribution in [3.05, 3.63) is 70.4 Å². The van der Waals surface area contributed by atoms with E-state index in [0.29, 0.717) is 28.0 Å². The van der Waals surface area contributed by atoms with Crippen LogP contribution in [0, 0.1) is 0 Å². The summed E-state index contributed by atoms with van der Waals surface area (Å²) in [5.41, 5.74) is 0.532. The number of pyridine rings is 1. The molecule has 0 radical (unpaired) electrons. The Morgan fingerprint density at radius 3 is 2.66 bits per heavy atom. The average molecular weight is 439 g/mol. The fourth-order valence-electron chi connectivity index (χ4n) is 2.79. The summed E-state index contributed by atoms with van der Waals surface area (Å²) in [4.78, 5) is 8.49. The lowest BCUT2D eigenvalue weighted by Gasteiger charge is -2.06. The van der Waals surface area contributed by atoms with E-state index in [-0.39, 0.29) is 11.3 Å². The lowest BCUT2D eigenvalue weighted by Crippen LogP contribution is -2.07. The van der Waals surface area contributed by atoms with Crippen molar-refractivity contribution >= 4 is 23.2 Å². The Morgan fingerprint density at radius 1 is 1.03 bits per heavy atom. The highest BCUT2D eigenvalue weighted by Crippen LogP contribution is 2.34. The maximum absolute atomic E-state index is 13.1. The van der Waals surface area contributed by atoms with Gasteiger partial charge in [-0.25, -0.2) is 4.98 Å². The maximum atomic E-state index is 13.1. The van der Waals surface area contributed by atoms with Crippen molar-refractivity contribution < 1.29 is 13.2 Å². The van der Waals surface area contributed by atoms with Gasteiger partial charge in [-0.2, -0.15) is 28.6 Å². The molecule has 0 aliphatic heterocycles. The maximum Gasteiger partial charge on any atom is 0.437 e. The summed E-state index contributed by atoms with van der Waals surface area (Å²) in [7, 11) is 0. The van der Waals surface area contributed by atoms with Crippen LogP contribution in [0.1, 0.15) is 11.3 Å². The molecule has 6 nitrogen and oxygen atoms in total. The molecule has 0 saturated carbocycles. The molecular formula is C18H11Cl2F3N6. The highest BCUT2D eigenvalue weighted by molar-refractivity contribution is 6.42. The Kier molecular flexibility index (Phi) is 5.01. The summed E-state index contributed by atoms with van der Waals surface area (Å²) in [5.74, 6) is 0. The minimum atomic E-state index is -4.62. The zero-order chi connectivity index (χ0) is 20.6. The van der Waals surface area contributed by atoms with Crippen LogP contribution in [0.25, 0.3) is 22.6 Å². The van der Waals surface area contributed by atoms with E-state index in [1.54, 1.807) is 29.2 Å². The van der Waals surface area contributed by atoms with Gasteiger partial charge in [-0.1, -0.05) is 35.3 Å². The number of aromatic amines is 1. The molecule has 1 aromatic carbocycles. The summed E-state index contributed by atoms with van der Waals surface area (Å²) in [5, 5.41) is 9.76. The van der Waals surface area contributed by atoms with Crippen LogP contribution in [-0.2, 0) is 12.7 Å². The van der Waals surface area contributed by atoms with E-state index in [2.05, 4.69) is 20.2 Å². The number of benzene rings is 1. The number of nitrogens with one attached hydrogen (secondary N) is 1. The smallest absolute Gasteiger partial charge is 0.332 e. The van der Waals surface area contributed by atoms with Gasteiger partial charge in [0, 0.05) is 18.0 Å². The molecule has 0 bridgehead atoms. The van der Waals surface area contributed by atoms with Crippen molar-refractivity contribution in [3.8, 4) is 22.6 Å². The molecule has 1 N–H and O–H groups in total. The van der Waals surface area contributed by atoms with Crippen LogP contribution in [-0.4, -0.2) is 29.9 Å². The molecule has 0 amide bonds. The van der Waals surface area contributed by atoms with Gasteiger partial charge in [0.2, 0.25) is 0 Å². The zero-order valence-electron chi connectivity index (χ0n) is 14.5. The van der Waals surface area contributed by atoms with E-state index < -0.39 is 11.9 Å². The molecule has 4 rings (SSSR count). The van der Waals surface area contributed by atoms with Gasteiger partial charge in [0.25, 0.3) is 0 Å². The second-order valence-corrected chi connectivity index (χ2v) is 6.88. The lowest BCUT2D eigenvalue weighted by atomic mass is 10.1. The van der Waals surface area contributed by atoms with Gasteiger partial charge in [0.15, 0.2) is 5.69 Å². The molecule has 0 saturated heterocycles. The van der Waals surface area contributed by atoms with Gasteiger partial charge in [0.1, 0.15) is 11.4 Å². The van der Waals surface area contributed by atoms with Crippen LogP contribution in [0.4, 0.5) is 13.2 Å². The number of aromatic nitrogens is 6. The number of rotatable bonds is 4. The van der Waals surface area contributed by atoms with E-state index in [9.17, 15) is 13.2 Å². The van der Waals surface area contributed by atoms with Crippen LogP contribution < -0.4 is 0 Å². The molecule has 11 heteroatoms. The van der Waals surface area contributed by atoms with Crippen LogP contribution in [0.15, 0.2) is 49.1 Å². The Bertz CT molecular complexity index is 1170. The minimum Gasteiger partial charge on any atom is -0.332 e. The quantitative estimate of drug-likeness (QED) is 0.480. The van der Waals surface area contributed by atoms with Gasteiger partial charge in [-0.05, 0) is 23.8 Å². The normalized spacial score (nSPS) is 11.8. The highest BCUT2D eigenvalue weighted by atomic mass is 35.5. The second kappa shape index (κ2) is 7.49. The van der Waals surface area contributed by atoms with Gasteiger partial charge in [-0.3, -0.25) is 4.98 Å². The third-order valence-corrected chi connectivity index (χ3v) is 4.99. The third kappa shape index (κ3) is 3.96. The number of alkyl halides is 3.